The predicted molar refractivity (Wildman–Crippen MR) is 76.9 cm³/mol. The van der Waals surface area contributed by atoms with Crippen LogP contribution < -0.4 is 10.1 Å². The molecule has 0 aliphatic rings. The van der Waals surface area contributed by atoms with Crippen molar-refractivity contribution >= 4 is 5.97 Å². The van der Waals surface area contributed by atoms with Gasteiger partial charge in [-0.1, -0.05) is 19.9 Å². The second-order valence-corrected chi connectivity index (χ2v) is 5.06. The van der Waals surface area contributed by atoms with Gasteiger partial charge in [0.25, 0.3) is 0 Å². The van der Waals surface area contributed by atoms with Gasteiger partial charge in [-0.3, -0.25) is 10.1 Å². The van der Waals surface area contributed by atoms with E-state index in [1.54, 1.807) is 25.3 Å². The molecule has 0 heterocycles. The van der Waals surface area contributed by atoms with Crippen molar-refractivity contribution in [3.8, 4) is 11.5 Å². The van der Waals surface area contributed by atoms with Gasteiger partial charge < -0.3 is 14.6 Å². The van der Waals surface area contributed by atoms with Crippen molar-refractivity contribution in [3.05, 3.63) is 23.8 Å². The largest absolute Gasteiger partial charge is 0.507 e. The highest BCUT2D eigenvalue weighted by Crippen LogP contribution is 2.29. The van der Waals surface area contributed by atoms with Gasteiger partial charge in [0, 0.05) is 17.7 Å². The number of aromatic hydroxyl groups is 1. The zero-order valence-electron chi connectivity index (χ0n) is 12.6. The van der Waals surface area contributed by atoms with E-state index in [0.29, 0.717) is 11.3 Å². The zero-order chi connectivity index (χ0) is 15.3. The molecule has 0 bridgehead atoms. The molecule has 20 heavy (non-hydrogen) atoms. The summed E-state index contributed by atoms with van der Waals surface area (Å²) in [6.45, 7) is 5.77. The molecule has 5 nitrogen and oxygen atoms in total. The highest BCUT2D eigenvalue weighted by molar-refractivity contribution is 5.76. The Bertz CT molecular complexity index is 459. The van der Waals surface area contributed by atoms with E-state index in [4.69, 9.17) is 9.47 Å². The highest BCUT2D eigenvalue weighted by atomic mass is 16.5. The van der Waals surface area contributed by atoms with Crippen molar-refractivity contribution < 1.29 is 19.4 Å². The van der Waals surface area contributed by atoms with Crippen molar-refractivity contribution in [2.24, 2.45) is 5.92 Å². The van der Waals surface area contributed by atoms with E-state index < -0.39 is 6.04 Å². The summed E-state index contributed by atoms with van der Waals surface area (Å²) >= 11 is 0. The third-order valence-electron chi connectivity index (χ3n) is 3.26. The van der Waals surface area contributed by atoms with E-state index in [9.17, 15) is 9.90 Å². The van der Waals surface area contributed by atoms with Crippen LogP contribution in [-0.2, 0) is 9.53 Å². The fourth-order valence-corrected chi connectivity index (χ4v) is 2.04. The predicted octanol–water partition coefficient (Wildman–Crippen LogP) is 2.25. The van der Waals surface area contributed by atoms with Crippen LogP contribution in [0.25, 0.3) is 0 Å². The van der Waals surface area contributed by atoms with Crippen LogP contribution in [0, 0.1) is 5.92 Å². The molecule has 1 rings (SSSR count). The lowest BCUT2D eigenvalue weighted by molar-refractivity contribution is -0.144. The lowest BCUT2D eigenvalue weighted by Gasteiger charge is -2.25. The van der Waals surface area contributed by atoms with Gasteiger partial charge in [-0.25, -0.2) is 0 Å². The van der Waals surface area contributed by atoms with Crippen molar-refractivity contribution in [3.63, 3.8) is 0 Å². The number of carbonyl (C=O) groups excluding carboxylic acids is 1. The first kappa shape index (κ1) is 16.3. The Hall–Kier alpha value is -1.75. The highest BCUT2D eigenvalue weighted by Gasteiger charge is 2.25. The average molecular weight is 281 g/mol. The molecule has 0 aliphatic heterocycles. The Kier molecular flexibility index (Phi) is 5.82. The Morgan fingerprint density at radius 2 is 1.90 bits per heavy atom. The Morgan fingerprint density at radius 3 is 2.35 bits per heavy atom. The molecule has 1 aromatic carbocycles. The van der Waals surface area contributed by atoms with Crippen LogP contribution >= 0.6 is 0 Å². The average Bonchev–Trinajstić information content (AvgIpc) is 2.43. The third-order valence-corrected chi connectivity index (χ3v) is 3.26. The minimum Gasteiger partial charge on any atom is -0.507 e. The van der Waals surface area contributed by atoms with E-state index in [-0.39, 0.29) is 23.7 Å². The monoisotopic (exact) mass is 281 g/mol. The van der Waals surface area contributed by atoms with Gasteiger partial charge in [0.1, 0.15) is 17.5 Å². The normalized spacial score (nSPS) is 13.9. The number of hydrogen-bond donors (Lipinski definition) is 2. The van der Waals surface area contributed by atoms with Crippen LogP contribution in [0.1, 0.15) is 32.4 Å². The number of carbonyl (C=O) groups is 1. The molecular weight excluding hydrogens is 258 g/mol. The SMILES string of the molecule is COC(=O)[C@@H](NC(C)c1ccc(OC)cc1O)C(C)C. The number of rotatable bonds is 6. The van der Waals surface area contributed by atoms with Gasteiger partial charge >= 0.3 is 5.97 Å². The second kappa shape index (κ2) is 7.14. The quantitative estimate of drug-likeness (QED) is 0.783. The van der Waals surface area contributed by atoms with E-state index >= 15 is 0 Å². The van der Waals surface area contributed by atoms with Gasteiger partial charge in [0.2, 0.25) is 0 Å². The van der Waals surface area contributed by atoms with Crippen LogP contribution in [0.2, 0.25) is 0 Å². The summed E-state index contributed by atoms with van der Waals surface area (Å²) in [4.78, 5) is 11.7. The van der Waals surface area contributed by atoms with Gasteiger partial charge in [-0.15, -0.1) is 0 Å². The summed E-state index contributed by atoms with van der Waals surface area (Å²) in [7, 11) is 2.91. The summed E-state index contributed by atoms with van der Waals surface area (Å²) in [6.07, 6.45) is 0. The topological polar surface area (TPSA) is 67.8 Å². The molecule has 2 atom stereocenters. The van der Waals surface area contributed by atoms with E-state index in [1.807, 2.05) is 20.8 Å². The number of methoxy groups -OCH3 is 2. The molecule has 0 spiro atoms. The minimum atomic E-state index is -0.420. The number of phenols is 1. The van der Waals surface area contributed by atoms with Crippen LogP contribution in [0.3, 0.4) is 0 Å². The van der Waals surface area contributed by atoms with Crippen molar-refractivity contribution in [2.75, 3.05) is 14.2 Å². The standard InChI is InChI=1S/C15H23NO4/c1-9(2)14(15(18)20-5)16-10(3)12-7-6-11(19-4)8-13(12)17/h6-10,14,16-17H,1-5H3/t10?,14-/m0/s1. The van der Waals surface area contributed by atoms with E-state index in [0.717, 1.165) is 0 Å². The molecular formula is C15H23NO4. The summed E-state index contributed by atoms with van der Waals surface area (Å²) in [6, 6.07) is 4.50. The molecule has 1 aromatic rings. The van der Waals surface area contributed by atoms with E-state index in [2.05, 4.69) is 5.32 Å². The summed E-state index contributed by atoms with van der Waals surface area (Å²) in [5.74, 6) is 0.508. The maximum atomic E-state index is 11.7. The lowest BCUT2D eigenvalue weighted by atomic mass is 10.0. The molecule has 0 saturated heterocycles. The number of esters is 1. The Labute approximate surface area is 119 Å². The fourth-order valence-electron chi connectivity index (χ4n) is 2.04. The molecule has 112 valence electrons. The molecule has 1 unspecified atom stereocenters. The zero-order valence-corrected chi connectivity index (χ0v) is 12.6. The molecule has 0 saturated carbocycles. The Balaban J connectivity index is 2.89. The van der Waals surface area contributed by atoms with Gasteiger partial charge in [-0.2, -0.15) is 0 Å². The maximum absolute atomic E-state index is 11.7. The first-order valence-corrected chi connectivity index (χ1v) is 6.61. The molecule has 0 fully saturated rings. The third kappa shape index (κ3) is 3.87. The molecule has 0 aliphatic carbocycles. The minimum absolute atomic E-state index is 0.0882. The van der Waals surface area contributed by atoms with Gasteiger partial charge in [-0.05, 0) is 18.9 Å². The number of ether oxygens (including phenoxy) is 2. The first-order valence-electron chi connectivity index (χ1n) is 6.61. The van der Waals surface area contributed by atoms with Crippen molar-refractivity contribution in [2.45, 2.75) is 32.9 Å². The fraction of sp³-hybridized carbons (Fsp3) is 0.533. The van der Waals surface area contributed by atoms with Crippen LogP contribution in [-0.4, -0.2) is 31.3 Å². The summed E-state index contributed by atoms with van der Waals surface area (Å²) in [5, 5.41) is 13.2. The summed E-state index contributed by atoms with van der Waals surface area (Å²) in [5.41, 5.74) is 0.709. The molecule has 0 amide bonds. The molecule has 0 radical (unpaired) electrons. The van der Waals surface area contributed by atoms with Crippen molar-refractivity contribution in [1.82, 2.24) is 5.32 Å². The lowest BCUT2D eigenvalue weighted by Crippen LogP contribution is -2.42. The number of benzene rings is 1. The number of hydrogen-bond acceptors (Lipinski definition) is 5. The van der Waals surface area contributed by atoms with Crippen LogP contribution in [0.15, 0.2) is 18.2 Å². The van der Waals surface area contributed by atoms with Crippen LogP contribution in [0.5, 0.6) is 11.5 Å². The first-order chi connectivity index (χ1) is 9.40. The molecule has 2 N–H and O–H groups in total. The summed E-state index contributed by atoms with van der Waals surface area (Å²) < 4.78 is 9.84. The Morgan fingerprint density at radius 1 is 1.25 bits per heavy atom. The van der Waals surface area contributed by atoms with Crippen LogP contribution in [0.4, 0.5) is 0 Å². The number of nitrogens with one attached hydrogen (secondary N) is 1. The molecule has 0 aromatic heterocycles. The second-order valence-electron chi connectivity index (χ2n) is 5.06. The van der Waals surface area contributed by atoms with Crippen molar-refractivity contribution in [1.29, 1.82) is 0 Å². The van der Waals surface area contributed by atoms with Gasteiger partial charge in [0.05, 0.1) is 14.2 Å². The smallest absolute Gasteiger partial charge is 0.323 e. The number of phenolic OH excluding ortho intramolecular Hbond substituents is 1. The molecule has 5 heteroatoms. The van der Waals surface area contributed by atoms with E-state index in [1.165, 1.54) is 7.11 Å². The van der Waals surface area contributed by atoms with Gasteiger partial charge in [0.15, 0.2) is 0 Å². The maximum Gasteiger partial charge on any atom is 0.323 e.